The van der Waals surface area contributed by atoms with Crippen molar-refractivity contribution in [1.29, 1.82) is 0 Å². The molecule has 0 aromatic rings. The minimum atomic E-state index is -0.442. The lowest BCUT2D eigenvalue weighted by molar-refractivity contribution is -0.160. The van der Waals surface area contributed by atoms with Gasteiger partial charge < -0.3 is 9.84 Å². The molecule has 0 aromatic heterocycles. The van der Waals surface area contributed by atoms with Crippen molar-refractivity contribution >= 4 is 5.97 Å². The molecule has 84 valence electrons. The van der Waals surface area contributed by atoms with Gasteiger partial charge in [0.05, 0.1) is 12.0 Å². The van der Waals surface area contributed by atoms with Crippen molar-refractivity contribution in [3.8, 4) is 0 Å². The maximum atomic E-state index is 11.5. The number of aliphatic hydroxyl groups is 1. The fourth-order valence-corrected chi connectivity index (χ4v) is 1.07. The Balaban J connectivity index is 4.00. The maximum absolute atomic E-state index is 11.5. The molecule has 0 spiro atoms. The minimum absolute atomic E-state index is 0.231. The van der Waals surface area contributed by atoms with Gasteiger partial charge >= 0.3 is 5.97 Å². The number of carbonyl (C=O) groups is 1. The van der Waals surface area contributed by atoms with E-state index in [2.05, 4.69) is 0 Å². The van der Waals surface area contributed by atoms with Crippen LogP contribution in [0.4, 0.5) is 0 Å². The van der Waals surface area contributed by atoms with Gasteiger partial charge in [0.1, 0.15) is 5.60 Å². The Hall–Kier alpha value is -0.570. The highest BCUT2D eigenvalue weighted by Crippen LogP contribution is 2.15. The number of aliphatic hydroxyl groups excluding tert-OH is 1. The number of hydrogen-bond donors (Lipinski definition) is 1. The molecule has 0 heterocycles. The van der Waals surface area contributed by atoms with E-state index in [1.165, 1.54) is 0 Å². The SMILES string of the molecule is CCC(O)CC(C)C(=O)OC(C)(C)C. The van der Waals surface area contributed by atoms with Crippen molar-refractivity contribution in [3.05, 3.63) is 0 Å². The lowest BCUT2D eigenvalue weighted by Gasteiger charge is -2.23. The van der Waals surface area contributed by atoms with Gasteiger partial charge in [-0.3, -0.25) is 4.79 Å². The third kappa shape index (κ3) is 5.97. The topological polar surface area (TPSA) is 46.5 Å². The standard InChI is InChI=1S/C11H22O3/c1-6-9(12)7-8(2)10(13)14-11(3,4)5/h8-9,12H,6-7H2,1-5H3. The second kappa shape index (κ2) is 5.35. The van der Waals surface area contributed by atoms with E-state index in [1.54, 1.807) is 6.92 Å². The van der Waals surface area contributed by atoms with Crippen molar-refractivity contribution in [1.82, 2.24) is 0 Å². The Bertz CT molecular complexity index is 181. The summed E-state index contributed by atoms with van der Waals surface area (Å²) in [5.74, 6) is -0.464. The van der Waals surface area contributed by atoms with Crippen LogP contribution >= 0.6 is 0 Å². The summed E-state index contributed by atoms with van der Waals surface area (Å²) in [5.41, 5.74) is -0.442. The van der Waals surface area contributed by atoms with Crippen LogP contribution in [0.1, 0.15) is 47.5 Å². The van der Waals surface area contributed by atoms with E-state index >= 15 is 0 Å². The first kappa shape index (κ1) is 13.4. The Kier molecular flexibility index (Phi) is 5.13. The lowest BCUT2D eigenvalue weighted by atomic mass is 10.0. The second-order valence-electron chi connectivity index (χ2n) is 4.73. The molecule has 3 nitrogen and oxygen atoms in total. The van der Waals surface area contributed by atoms with Gasteiger partial charge in [0.2, 0.25) is 0 Å². The van der Waals surface area contributed by atoms with Gasteiger partial charge in [-0.05, 0) is 33.6 Å². The van der Waals surface area contributed by atoms with Crippen molar-refractivity contribution < 1.29 is 14.6 Å². The number of carbonyl (C=O) groups excluding carboxylic acids is 1. The van der Waals surface area contributed by atoms with Crippen LogP contribution in [-0.2, 0) is 9.53 Å². The first-order valence-corrected chi connectivity index (χ1v) is 5.17. The van der Waals surface area contributed by atoms with Crippen molar-refractivity contribution in [2.75, 3.05) is 0 Å². The Labute approximate surface area is 86.5 Å². The quantitative estimate of drug-likeness (QED) is 0.710. The largest absolute Gasteiger partial charge is 0.460 e. The molecule has 0 fully saturated rings. The molecule has 0 rings (SSSR count). The predicted molar refractivity (Wildman–Crippen MR) is 55.9 cm³/mol. The second-order valence-corrected chi connectivity index (χ2v) is 4.73. The van der Waals surface area contributed by atoms with Crippen LogP contribution in [-0.4, -0.2) is 22.8 Å². The van der Waals surface area contributed by atoms with E-state index in [0.29, 0.717) is 12.8 Å². The summed E-state index contributed by atoms with van der Waals surface area (Å²) in [6, 6.07) is 0. The molecule has 0 aromatic carbocycles. The molecular weight excluding hydrogens is 180 g/mol. The Morgan fingerprint density at radius 3 is 2.29 bits per heavy atom. The molecule has 0 aliphatic heterocycles. The molecule has 1 N–H and O–H groups in total. The molecular formula is C11H22O3. The van der Waals surface area contributed by atoms with E-state index in [0.717, 1.165) is 0 Å². The van der Waals surface area contributed by atoms with Crippen LogP contribution in [0.2, 0.25) is 0 Å². The molecule has 0 aliphatic carbocycles. The summed E-state index contributed by atoms with van der Waals surface area (Å²) in [6.07, 6.45) is 0.746. The lowest BCUT2D eigenvalue weighted by Crippen LogP contribution is -2.29. The van der Waals surface area contributed by atoms with E-state index in [-0.39, 0.29) is 11.9 Å². The average Bonchev–Trinajstić information content (AvgIpc) is 2.00. The first-order valence-electron chi connectivity index (χ1n) is 5.17. The minimum Gasteiger partial charge on any atom is -0.460 e. The zero-order valence-electron chi connectivity index (χ0n) is 9.83. The predicted octanol–water partition coefficient (Wildman–Crippen LogP) is 2.13. The number of esters is 1. The number of rotatable bonds is 4. The molecule has 2 atom stereocenters. The fraction of sp³-hybridized carbons (Fsp3) is 0.909. The highest BCUT2D eigenvalue weighted by atomic mass is 16.6. The van der Waals surface area contributed by atoms with Gasteiger partial charge in [-0.2, -0.15) is 0 Å². The van der Waals surface area contributed by atoms with Gasteiger partial charge in [-0.1, -0.05) is 13.8 Å². The molecule has 0 aliphatic rings. The molecule has 2 unspecified atom stereocenters. The Morgan fingerprint density at radius 1 is 1.43 bits per heavy atom. The summed E-state index contributed by atoms with van der Waals surface area (Å²) >= 11 is 0. The van der Waals surface area contributed by atoms with Gasteiger partial charge in [0.15, 0.2) is 0 Å². The van der Waals surface area contributed by atoms with Gasteiger partial charge in [-0.15, -0.1) is 0 Å². The molecule has 0 saturated carbocycles. The third-order valence-electron chi connectivity index (χ3n) is 1.91. The monoisotopic (exact) mass is 202 g/mol. The number of ether oxygens (including phenoxy) is 1. The zero-order valence-corrected chi connectivity index (χ0v) is 9.83. The molecule has 14 heavy (non-hydrogen) atoms. The molecule has 0 bridgehead atoms. The summed E-state index contributed by atoms with van der Waals surface area (Å²) in [6.45, 7) is 9.20. The van der Waals surface area contributed by atoms with E-state index in [1.807, 2.05) is 27.7 Å². The van der Waals surface area contributed by atoms with Crippen molar-refractivity contribution in [3.63, 3.8) is 0 Å². The summed E-state index contributed by atoms with van der Waals surface area (Å²) in [7, 11) is 0. The van der Waals surface area contributed by atoms with E-state index in [9.17, 15) is 9.90 Å². The van der Waals surface area contributed by atoms with Crippen LogP contribution in [0.25, 0.3) is 0 Å². The summed E-state index contributed by atoms with van der Waals surface area (Å²) < 4.78 is 5.19. The van der Waals surface area contributed by atoms with Gasteiger partial charge in [0, 0.05) is 0 Å². The van der Waals surface area contributed by atoms with E-state index < -0.39 is 11.7 Å². The van der Waals surface area contributed by atoms with E-state index in [4.69, 9.17) is 4.74 Å². The van der Waals surface area contributed by atoms with Crippen LogP contribution in [0.15, 0.2) is 0 Å². The molecule has 0 radical (unpaired) electrons. The smallest absolute Gasteiger partial charge is 0.309 e. The van der Waals surface area contributed by atoms with Gasteiger partial charge in [0.25, 0.3) is 0 Å². The maximum Gasteiger partial charge on any atom is 0.309 e. The molecule has 0 saturated heterocycles. The molecule has 0 amide bonds. The summed E-state index contributed by atoms with van der Waals surface area (Å²) in [5, 5.41) is 9.37. The normalized spacial score (nSPS) is 16.1. The Morgan fingerprint density at radius 2 is 1.93 bits per heavy atom. The third-order valence-corrected chi connectivity index (χ3v) is 1.91. The fourth-order valence-electron chi connectivity index (χ4n) is 1.07. The molecule has 3 heteroatoms. The first-order chi connectivity index (χ1) is 6.26. The highest BCUT2D eigenvalue weighted by Gasteiger charge is 2.23. The van der Waals surface area contributed by atoms with Crippen LogP contribution in [0.3, 0.4) is 0 Å². The highest BCUT2D eigenvalue weighted by molar-refractivity contribution is 5.72. The summed E-state index contributed by atoms with van der Waals surface area (Å²) in [4.78, 5) is 11.5. The number of hydrogen-bond acceptors (Lipinski definition) is 3. The zero-order chi connectivity index (χ0) is 11.4. The van der Waals surface area contributed by atoms with Crippen LogP contribution in [0, 0.1) is 5.92 Å². The van der Waals surface area contributed by atoms with Crippen LogP contribution in [0.5, 0.6) is 0 Å². The van der Waals surface area contributed by atoms with Crippen molar-refractivity contribution in [2.24, 2.45) is 5.92 Å². The van der Waals surface area contributed by atoms with Gasteiger partial charge in [-0.25, -0.2) is 0 Å². The van der Waals surface area contributed by atoms with Crippen molar-refractivity contribution in [2.45, 2.75) is 59.2 Å². The average molecular weight is 202 g/mol. The van der Waals surface area contributed by atoms with Crippen LogP contribution < -0.4 is 0 Å².